The van der Waals surface area contributed by atoms with E-state index in [1.165, 1.54) is 12.1 Å². The molecular weight excluding hydrogens is 189 g/mol. The lowest BCUT2D eigenvalue weighted by molar-refractivity contribution is 0.626. The number of anilines is 1. The summed E-state index contributed by atoms with van der Waals surface area (Å²) in [7, 11) is 0. The Morgan fingerprint density at radius 2 is 2.23 bits per heavy atom. The van der Waals surface area contributed by atoms with Crippen LogP contribution in [-0.4, -0.2) is 5.88 Å². The maximum absolute atomic E-state index is 12.9. The predicted octanol–water partition coefficient (Wildman–Crippen LogP) is 2.97. The summed E-state index contributed by atoms with van der Waals surface area (Å²) < 4.78 is 12.9. The van der Waals surface area contributed by atoms with Gasteiger partial charge in [-0.1, -0.05) is 12.2 Å². The summed E-state index contributed by atoms with van der Waals surface area (Å²) in [6.45, 7) is 1.77. The number of hydrogen-bond donors (Lipinski definition) is 1. The van der Waals surface area contributed by atoms with Crippen LogP contribution in [0.25, 0.3) is 6.08 Å². The minimum atomic E-state index is -0.277. The lowest BCUT2D eigenvalue weighted by Crippen LogP contribution is -1.94. The van der Waals surface area contributed by atoms with Crippen LogP contribution in [-0.2, 0) is 0 Å². The summed E-state index contributed by atoms with van der Waals surface area (Å²) in [5.74, 6) is 0.121. The molecule has 0 saturated heterocycles. The smallest absolute Gasteiger partial charge is 0.124 e. The number of benzene rings is 1. The lowest BCUT2D eigenvalue weighted by Gasteiger charge is -2.04. The molecule has 2 N–H and O–H groups in total. The van der Waals surface area contributed by atoms with Gasteiger partial charge in [-0.25, -0.2) is 4.39 Å². The highest BCUT2D eigenvalue weighted by Crippen LogP contribution is 2.20. The van der Waals surface area contributed by atoms with Crippen molar-refractivity contribution in [3.05, 3.63) is 35.2 Å². The first-order chi connectivity index (χ1) is 6.15. The first-order valence-corrected chi connectivity index (χ1v) is 4.46. The minimum Gasteiger partial charge on any atom is -0.398 e. The topological polar surface area (TPSA) is 26.0 Å². The molecule has 0 aromatic heterocycles. The van der Waals surface area contributed by atoms with Crippen LogP contribution in [0.3, 0.4) is 0 Å². The van der Waals surface area contributed by atoms with Gasteiger partial charge >= 0.3 is 0 Å². The van der Waals surface area contributed by atoms with E-state index in [2.05, 4.69) is 0 Å². The first kappa shape index (κ1) is 10.1. The number of hydrogen-bond acceptors (Lipinski definition) is 1. The molecule has 0 unspecified atom stereocenters. The van der Waals surface area contributed by atoms with E-state index in [9.17, 15) is 4.39 Å². The maximum atomic E-state index is 12.9. The van der Waals surface area contributed by atoms with Crippen molar-refractivity contribution in [3.8, 4) is 0 Å². The number of nitrogens with two attached hydrogens (primary N) is 1. The van der Waals surface area contributed by atoms with Crippen LogP contribution >= 0.6 is 11.6 Å². The number of allylic oxidation sites excluding steroid dienone is 1. The predicted molar refractivity (Wildman–Crippen MR) is 55.3 cm³/mol. The van der Waals surface area contributed by atoms with Crippen LogP contribution in [0.1, 0.15) is 11.1 Å². The second-order valence-corrected chi connectivity index (χ2v) is 3.09. The van der Waals surface area contributed by atoms with Gasteiger partial charge in [-0.05, 0) is 24.6 Å². The van der Waals surface area contributed by atoms with Crippen LogP contribution < -0.4 is 5.73 Å². The van der Waals surface area contributed by atoms with Crippen molar-refractivity contribution in [2.45, 2.75) is 6.92 Å². The van der Waals surface area contributed by atoms with Gasteiger partial charge in [0.1, 0.15) is 5.82 Å². The van der Waals surface area contributed by atoms with Crippen molar-refractivity contribution in [2.24, 2.45) is 0 Å². The van der Waals surface area contributed by atoms with E-state index in [-0.39, 0.29) is 5.82 Å². The van der Waals surface area contributed by atoms with Gasteiger partial charge in [0.05, 0.1) is 0 Å². The van der Waals surface area contributed by atoms with E-state index >= 15 is 0 Å². The zero-order valence-corrected chi connectivity index (χ0v) is 8.11. The Labute approximate surface area is 82.0 Å². The molecule has 3 heteroatoms. The Balaban J connectivity index is 3.12. The molecule has 0 aliphatic rings. The van der Waals surface area contributed by atoms with Gasteiger partial charge in [-0.2, -0.15) is 0 Å². The number of alkyl halides is 1. The Kier molecular flexibility index (Phi) is 3.32. The average Bonchev–Trinajstić information content (AvgIpc) is 2.09. The van der Waals surface area contributed by atoms with Gasteiger partial charge in [-0.3, -0.25) is 0 Å². The number of rotatable bonds is 2. The molecule has 1 aromatic rings. The van der Waals surface area contributed by atoms with E-state index in [4.69, 9.17) is 17.3 Å². The molecule has 0 amide bonds. The van der Waals surface area contributed by atoms with E-state index in [1.807, 2.05) is 0 Å². The second-order valence-electron chi connectivity index (χ2n) is 2.78. The molecule has 1 nitrogen and oxygen atoms in total. The summed E-state index contributed by atoms with van der Waals surface area (Å²) in [4.78, 5) is 0. The fourth-order valence-electron chi connectivity index (χ4n) is 1.09. The molecule has 1 aromatic carbocycles. The van der Waals surface area contributed by atoms with Gasteiger partial charge < -0.3 is 5.73 Å². The zero-order chi connectivity index (χ0) is 9.84. The van der Waals surface area contributed by atoms with Crippen molar-refractivity contribution in [1.29, 1.82) is 0 Å². The van der Waals surface area contributed by atoms with Gasteiger partial charge in [-0.15, -0.1) is 11.6 Å². The molecule has 0 fully saturated rings. The van der Waals surface area contributed by atoms with Crippen molar-refractivity contribution in [3.63, 3.8) is 0 Å². The molecule has 0 atom stereocenters. The van der Waals surface area contributed by atoms with Gasteiger partial charge in [0.25, 0.3) is 0 Å². The minimum absolute atomic E-state index is 0.277. The molecule has 0 aliphatic carbocycles. The third-order valence-corrected chi connectivity index (χ3v) is 1.95. The molecule has 0 spiro atoms. The van der Waals surface area contributed by atoms with Gasteiger partial charge in [0.2, 0.25) is 0 Å². The summed E-state index contributed by atoms with van der Waals surface area (Å²) in [5, 5.41) is 0. The van der Waals surface area contributed by atoms with E-state index in [0.717, 1.165) is 5.56 Å². The molecular formula is C10H11ClFN. The van der Waals surface area contributed by atoms with Crippen LogP contribution in [0.5, 0.6) is 0 Å². The molecule has 70 valence electrons. The molecule has 0 radical (unpaired) electrons. The van der Waals surface area contributed by atoms with Gasteiger partial charge in [0, 0.05) is 17.1 Å². The van der Waals surface area contributed by atoms with Crippen LogP contribution in [0.15, 0.2) is 18.2 Å². The first-order valence-electron chi connectivity index (χ1n) is 3.93. The standard InChI is InChI=1S/C10H11ClFN/c1-7-5-9(12)6-8(10(7)13)3-2-4-11/h2-3,5-6H,4,13H2,1H3. The average molecular weight is 200 g/mol. The Morgan fingerprint density at radius 1 is 1.54 bits per heavy atom. The summed E-state index contributed by atoms with van der Waals surface area (Å²) >= 11 is 5.46. The van der Waals surface area contributed by atoms with Gasteiger partial charge in [0.15, 0.2) is 0 Å². The fraction of sp³-hybridized carbons (Fsp3) is 0.200. The highest BCUT2D eigenvalue weighted by Gasteiger charge is 2.01. The third kappa shape index (κ3) is 2.46. The van der Waals surface area contributed by atoms with Crippen molar-refractivity contribution in [1.82, 2.24) is 0 Å². The molecule has 0 bridgehead atoms. The van der Waals surface area contributed by atoms with E-state index in [1.54, 1.807) is 19.1 Å². The molecule has 0 heterocycles. The Bertz CT molecular complexity index is 334. The number of nitrogen functional groups attached to an aromatic ring is 1. The second kappa shape index (κ2) is 4.28. The van der Waals surface area contributed by atoms with Crippen LogP contribution in [0, 0.1) is 12.7 Å². The number of halogens is 2. The summed E-state index contributed by atoms with van der Waals surface area (Å²) in [5.41, 5.74) is 7.75. The third-order valence-electron chi connectivity index (χ3n) is 1.77. The van der Waals surface area contributed by atoms with Crippen LogP contribution in [0.4, 0.5) is 10.1 Å². The molecule has 1 rings (SSSR count). The SMILES string of the molecule is Cc1cc(F)cc(C=CCCl)c1N. The number of aryl methyl sites for hydroxylation is 1. The highest BCUT2D eigenvalue weighted by molar-refractivity contribution is 6.19. The van der Waals surface area contributed by atoms with Crippen molar-refractivity contribution < 1.29 is 4.39 Å². The Hall–Kier alpha value is -1.02. The summed E-state index contributed by atoms with van der Waals surface area (Å²) in [6, 6.07) is 2.80. The Morgan fingerprint density at radius 3 is 2.85 bits per heavy atom. The highest BCUT2D eigenvalue weighted by atomic mass is 35.5. The maximum Gasteiger partial charge on any atom is 0.124 e. The fourth-order valence-corrected chi connectivity index (χ4v) is 1.18. The largest absolute Gasteiger partial charge is 0.398 e. The normalized spacial score (nSPS) is 11.0. The molecule has 0 aliphatic heterocycles. The zero-order valence-electron chi connectivity index (χ0n) is 7.35. The molecule has 0 saturated carbocycles. The quantitative estimate of drug-likeness (QED) is 0.575. The van der Waals surface area contributed by atoms with Crippen molar-refractivity contribution in [2.75, 3.05) is 11.6 Å². The van der Waals surface area contributed by atoms with E-state index in [0.29, 0.717) is 17.1 Å². The molecule has 13 heavy (non-hydrogen) atoms. The van der Waals surface area contributed by atoms with Crippen LogP contribution in [0.2, 0.25) is 0 Å². The monoisotopic (exact) mass is 199 g/mol. The lowest BCUT2D eigenvalue weighted by atomic mass is 10.1. The van der Waals surface area contributed by atoms with Crippen molar-refractivity contribution >= 4 is 23.4 Å². The van der Waals surface area contributed by atoms with E-state index < -0.39 is 0 Å². The summed E-state index contributed by atoms with van der Waals surface area (Å²) in [6.07, 6.45) is 3.45.